The molecule has 0 spiro atoms. The fourth-order valence-electron chi connectivity index (χ4n) is 2.48. The highest BCUT2D eigenvalue weighted by atomic mass is 16.5. The Labute approximate surface area is 112 Å². The first-order valence-electron chi connectivity index (χ1n) is 6.39. The quantitative estimate of drug-likeness (QED) is 0.836. The summed E-state index contributed by atoms with van der Waals surface area (Å²) in [4.78, 5) is 6.68. The SMILES string of the molecule is COc1ccc(N2CCc3cccc(N)c3C2)nc1. The van der Waals surface area contributed by atoms with Crippen LogP contribution in [0.1, 0.15) is 11.1 Å². The molecule has 0 bridgehead atoms. The van der Waals surface area contributed by atoms with Crippen LogP contribution in [0.4, 0.5) is 11.5 Å². The molecule has 0 fully saturated rings. The van der Waals surface area contributed by atoms with Gasteiger partial charge < -0.3 is 15.4 Å². The number of benzene rings is 1. The maximum Gasteiger partial charge on any atom is 0.137 e. The molecule has 0 unspecified atom stereocenters. The first-order chi connectivity index (χ1) is 9.28. The number of pyridine rings is 1. The normalized spacial score (nSPS) is 14.1. The van der Waals surface area contributed by atoms with Gasteiger partial charge in [0.2, 0.25) is 0 Å². The predicted octanol–water partition coefficient (Wildman–Crippen LogP) is 2.24. The van der Waals surface area contributed by atoms with Crippen LogP contribution in [0.15, 0.2) is 36.5 Å². The van der Waals surface area contributed by atoms with Gasteiger partial charge in [0.1, 0.15) is 11.6 Å². The van der Waals surface area contributed by atoms with Crippen LogP contribution in [0.2, 0.25) is 0 Å². The van der Waals surface area contributed by atoms with E-state index in [4.69, 9.17) is 10.5 Å². The van der Waals surface area contributed by atoms with Crippen LogP contribution in [0.5, 0.6) is 5.75 Å². The molecule has 3 rings (SSSR count). The van der Waals surface area contributed by atoms with Crippen molar-refractivity contribution >= 4 is 11.5 Å². The van der Waals surface area contributed by atoms with Crippen LogP contribution in [0.3, 0.4) is 0 Å². The summed E-state index contributed by atoms with van der Waals surface area (Å²) in [6.07, 6.45) is 2.76. The van der Waals surface area contributed by atoms with Crippen molar-refractivity contribution < 1.29 is 4.74 Å². The summed E-state index contributed by atoms with van der Waals surface area (Å²) in [6.45, 7) is 1.79. The van der Waals surface area contributed by atoms with Crippen LogP contribution in [0, 0.1) is 0 Å². The molecule has 1 aromatic carbocycles. The van der Waals surface area contributed by atoms with Gasteiger partial charge in [0.25, 0.3) is 0 Å². The molecule has 1 aliphatic rings. The van der Waals surface area contributed by atoms with Gasteiger partial charge in [0, 0.05) is 18.8 Å². The Morgan fingerprint density at radius 2 is 2.16 bits per heavy atom. The summed E-state index contributed by atoms with van der Waals surface area (Å²) < 4.78 is 5.13. The minimum Gasteiger partial charge on any atom is -0.495 e. The summed E-state index contributed by atoms with van der Waals surface area (Å²) in [7, 11) is 1.65. The van der Waals surface area contributed by atoms with Crippen molar-refractivity contribution in [2.75, 3.05) is 24.3 Å². The molecule has 0 atom stereocenters. The number of hydrogen-bond donors (Lipinski definition) is 1. The summed E-state index contributed by atoms with van der Waals surface area (Å²) in [6, 6.07) is 10.1. The van der Waals surface area contributed by atoms with Crippen molar-refractivity contribution in [3.63, 3.8) is 0 Å². The van der Waals surface area contributed by atoms with Crippen molar-refractivity contribution in [1.82, 2.24) is 4.98 Å². The van der Waals surface area contributed by atoms with Crippen molar-refractivity contribution in [3.8, 4) is 5.75 Å². The van der Waals surface area contributed by atoms with Crippen LogP contribution >= 0.6 is 0 Å². The second-order valence-corrected chi connectivity index (χ2v) is 4.71. The maximum absolute atomic E-state index is 6.06. The van der Waals surface area contributed by atoms with Gasteiger partial charge in [-0.2, -0.15) is 0 Å². The fourth-order valence-corrected chi connectivity index (χ4v) is 2.48. The van der Waals surface area contributed by atoms with E-state index in [-0.39, 0.29) is 0 Å². The molecule has 0 saturated heterocycles. The molecule has 0 saturated carbocycles. The van der Waals surface area contributed by atoms with E-state index < -0.39 is 0 Å². The smallest absolute Gasteiger partial charge is 0.137 e. The summed E-state index contributed by atoms with van der Waals surface area (Å²) in [5.74, 6) is 1.75. The molecule has 4 heteroatoms. The topological polar surface area (TPSA) is 51.4 Å². The molecular formula is C15H17N3O. The van der Waals surface area contributed by atoms with Crippen LogP contribution < -0.4 is 15.4 Å². The average molecular weight is 255 g/mol. The average Bonchev–Trinajstić information content (AvgIpc) is 2.47. The molecular weight excluding hydrogens is 238 g/mol. The van der Waals surface area contributed by atoms with Gasteiger partial charge >= 0.3 is 0 Å². The van der Waals surface area contributed by atoms with E-state index in [1.165, 1.54) is 11.1 Å². The molecule has 0 aliphatic carbocycles. The lowest BCUT2D eigenvalue weighted by molar-refractivity contribution is 0.413. The zero-order valence-corrected chi connectivity index (χ0v) is 11.0. The number of fused-ring (bicyclic) bond motifs is 1. The van der Waals surface area contributed by atoms with Crippen molar-refractivity contribution in [2.45, 2.75) is 13.0 Å². The van der Waals surface area contributed by atoms with Gasteiger partial charge in [-0.1, -0.05) is 12.1 Å². The van der Waals surface area contributed by atoms with Gasteiger partial charge in [0.05, 0.1) is 13.3 Å². The van der Waals surface area contributed by atoms with E-state index in [1.807, 2.05) is 24.3 Å². The molecule has 2 N–H and O–H groups in total. The summed E-state index contributed by atoms with van der Waals surface area (Å²) in [5.41, 5.74) is 9.51. The van der Waals surface area contributed by atoms with E-state index in [9.17, 15) is 0 Å². The van der Waals surface area contributed by atoms with E-state index in [2.05, 4.69) is 16.0 Å². The van der Waals surface area contributed by atoms with Gasteiger partial charge in [-0.3, -0.25) is 0 Å². The van der Waals surface area contributed by atoms with Crippen LogP contribution in [0.25, 0.3) is 0 Å². The van der Waals surface area contributed by atoms with E-state index in [0.29, 0.717) is 0 Å². The molecule has 0 radical (unpaired) electrons. The zero-order valence-electron chi connectivity index (χ0n) is 11.0. The molecule has 2 aromatic rings. The second-order valence-electron chi connectivity index (χ2n) is 4.71. The third-order valence-corrected chi connectivity index (χ3v) is 3.59. The van der Waals surface area contributed by atoms with Gasteiger partial charge in [-0.15, -0.1) is 0 Å². The Balaban J connectivity index is 1.86. The van der Waals surface area contributed by atoms with Gasteiger partial charge in [-0.25, -0.2) is 4.98 Å². The molecule has 4 nitrogen and oxygen atoms in total. The minimum atomic E-state index is 0.778. The fraction of sp³-hybridized carbons (Fsp3) is 0.267. The molecule has 98 valence electrons. The van der Waals surface area contributed by atoms with E-state index in [1.54, 1.807) is 13.3 Å². The number of aromatic nitrogens is 1. The van der Waals surface area contributed by atoms with Crippen LogP contribution in [-0.2, 0) is 13.0 Å². The minimum absolute atomic E-state index is 0.778. The van der Waals surface area contributed by atoms with Crippen molar-refractivity contribution in [2.24, 2.45) is 0 Å². The van der Waals surface area contributed by atoms with Gasteiger partial charge in [-0.05, 0) is 35.7 Å². The zero-order chi connectivity index (χ0) is 13.2. The largest absolute Gasteiger partial charge is 0.495 e. The molecule has 19 heavy (non-hydrogen) atoms. The standard InChI is InChI=1S/C15H17N3O/c1-19-12-5-6-15(17-9-12)18-8-7-11-3-2-4-14(16)13(11)10-18/h2-6,9H,7-8,10,16H2,1H3. The number of nitrogens with zero attached hydrogens (tertiary/aromatic N) is 2. The number of ether oxygens (including phenoxy) is 1. The Morgan fingerprint density at radius 3 is 2.89 bits per heavy atom. The van der Waals surface area contributed by atoms with E-state index >= 15 is 0 Å². The van der Waals surface area contributed by atoms with Crippen molar-refractivity contribution in [1.29, 1.82) is 0 Å². The highest BCUT2D eigenvalue weighted by Crippen LogP contribution is 2.27. The predicted molar refractivity (Wildman–Crippen MR) is 76.4 cm³/mol. The number of hydrogen-bond acceptors (Lipinski definition) is 4. The monoisotopic (exact) mass is 255 g/mol. The number of methoxy groups -OCH3 is 1. The third-order valence-electron chi connectivity index (χ3n) is 3.59. The maximum atomic E-state index is 6.06. The third kappa shape index (κ3) is 2.21. The Bertz CT molecular complexity index is 580. The lowest BCUT2D eigenvalue weighted by atomic mass is 9.98. The summed E-state index contributed by atoms with van der Waals surface area (Å²) >= 11 is 0. The van der Waals surface area contributed by atoms with Gasteiger partial charge in [0.15, 0.2) is 0 Å². The number of anilines is 2. The van der Waals surface area contributed by atoms with E-state index in [0.717, 1.165) is 36.8 Å². The second kappa shape index (κ2) is 4.80. The number of nitrogen functional groups attached to an aromatic ring is 1. The molecule has 1 aromatic heterocycles. The van der Waals surface area contributed by atoms with Crippen molar-refractivity contribution in [3.05, 3.63) is 47.7 Å². The lowest BCUT2D eigenvalue weighted by Crippen LogP contribution is -2.31. The Kier molecular flexibility index (Phi) is 2.99. The number of rotatable bonds is 2. The van der Waals surface area contributed by atoms with Crippen LogP contribution in [-0.4, -0.2) is 18.6 Å². The lowest BCUT2D eigenvalue weighted by Gasteiger charge is -2.30. The first kappa shape index (κ1) is 11.8. The summed E-state index contributed by atoms with van der Waals surface area (Å²) in [5, 5.41) is 0. The highest BCUT2D eigenvalue weighted by molar-refractivity contribution is 5.55. The Morgan fingerprint density at radius 1 is 1.26 bits per heavy atom. The first-order valence-corrected chi connectivity index (χ1v) is 6.39. The Hall–Kier alpha value is -2.23. The molecule has 2 heterocycles. The molecule has 0 amide bonds. The molecule has 1 aliphatic heterocycles. The highest BCUT2D eigenvalue weighted by Gasteiger charge is 2.18. The number of nitrogens with two attached hydrogens (primary N) is 1.